The number of carboxylic acid groups (broad SMARTS) is 1. The Morgan fingerprint density at radius 2 is 1.62 bits per heavy atom. The van der Waals surface area contributed by atoms with Gasteiger partial charge in [-0.2, -0.15) is 0 Å². The summed E-state index contributed by atoms with van der Waals surface area (Å²) >= 11 is 0. The maximum Gasteiger partial charge on any atom is 0.407 e. The minimum Gasteiger partial charge on any atom is -0.481 e. The van der Waals surface area contributed by atoms with Crippen LogP contribution in [0.4, 0.5) is 4.79 Å². The number of alkyl carbamates (subject to hydrolysis) is 1. The standard InChI is InChI=1S/C25H28N2O5/c28-23(27-22-12-5-11-20(22)24(29)30)13-6-14-26-25(31)32-15-21-18-9-3-1-7-16(18)17-8-2-4-10-19(17)21/h1-4,7-10,20-22H,5-6,11-15H2,(H,26,31)(H,27,28)(H,29,30). The summed E-state index contributed by atoms with van der Waals surface area (Å²) in [5, 5.41) is 14.7. The zero-order chi connectivity index (χ0) is 22.5. The van der Waals surface area contributed by atoms with Gasteiger partial charge in [-0.15, -0.1) is 0 Å². The van der Waals surface area contributed by atoms with Gasteiger partial charge >= 0.3 is 12.1 Å². The van der Waals surface area contributed by atoms with E-state index in [1.165, 1.54) is 11.1 Å². The van der Waals surface area contributed by atoms with Crippen LogP contribution in [0.3, 0.4) is 0 Å². The minimum atomic E-state index is -0.857. The third-order valence-electron chi connectivity index (χ3n) is 6.37. The molecule has 0 spiro atoms. The van der Waals surface area contributed by atoms with Crippen molar-refractivity contribution < 1.29 is 24.2 Å². The van der Waals surface area contributed by atoms with E-state index < -0.39 is 18.0 Å². The maximum atomic E-state index is 12.2. The van der Waals surface area contributed by atoms with Crippen molar-refractivity contribution in [3.63, 3.8) is 0 Å². The van der Waals surface area contributed by atoms with Crippen LogP contribution in [0.25, 0.3) is 11.1 Å². The number of hydrogen-bond donors (Lipinski definition) is 3. The van der Waals surface area contributed by atoms with Crippen molar-refractivity contribution in [3.05, 3.63) is 59.7 Å². The molecular formula is C25H28N2O5. The summed E-state index contributed by atoms with van der Waals surface area (Å²) in [6.45, 7) is 0.565. The van der Waals surface area contributed by atoms with Crippen LogP contribution in [0.1, 0.15) is 49.1 Å². The fourth-order valence-electron chi connectivity index (χ4n) is 4.80. The number of nitrogens with one attached hydrogen (secondary N) is 2. The predicted octanol–water partition coefficient (Wildman–Crippen LogP) is 3.67. The van der Waals surface area contributed by atoms with Crippen LogP contribution in [0, 0.1) is 5.92 Å². The molecule has 0 bridgehead atoms. The van der Waals surface area contributed by atoms with Gasteiger partial charge in [-0.25, -0.2) is 4.79 Å². The molecule has 2 atom stereocenters. The molecule has 0 aromatic heterocycles. The lowest BCUT2D eigenvalue weighted by atomic mass is 9.98. The van der Waals surface area contributed by atoms with Gasteiger partial charge in [0.05, 0.1) is 5.92 Å². The molecule has 2 amide bonds. The topological polar surface area (TPSA) is 105 Å². The highest BCUT2D eigenvalue weighted by atomic mass is 16.5. The lowest BCUT2D eigenvalue weighted by molar-refractivity contribution is -0.142. The van der Waals surface area contributed by atoms with Crippen LogP contribution in [0.2, 0.25) is 0 Å². The molecule has 32 heavy (non-hydrogen) atoms. The summed E-state index contributed by atoms with van der Waals surface area (Å²) in [6.07, 6.45) is 2.29. The summed E-state index contributed by atoms with van der Waals surface area (Å²) in [5.74, 6) is -1.53. The zero-order valence-corrected chi connectivity index (χ0v) is 17.9. The van der Waals surface area contributed by atoms with Gasteiger partial charge in [0, 0.05) is 24.9 Å². The molecule has 1 saturated carbocycles. The smallest absolute Gasteiger partial charge is 0.407 e. The molecule has 2 aliphatic rings. The van der Waals surface area contributed by atoms with E-state index in [2.05, 4.69) is 34.9 Å². The Morgan fingerprint density at radius 3 is 2.28 bits per heavy atom. The number of fused-ring (bicyclic) bond motifs is 3. The Kier molecular flexibility index (Phi) is 6.73. The van der Waals surface area contributed by atoms with Crippen molar-refractivity contribution >= 4 is 18.0 Å². The molecule has 7 nitrogen and oxygen atoms in total. The van der Waals surface area contributed by atoms with Crippen molar-refractivity contribution in [3.8, 4) is 11.1 Å². The van der Waals surface area contributed by atoms with Gasteiger partial charge in [-0.1, -0.05) is 55.0 Å². The van der Waals surface area contributed by atoms with E-state index in [1.54, 1.807) is 0 Å². The number of benzene rings is 2. The number of rotatable bonds is 8. The van der Waals surface area contributed by atoms with Crippen molar-refractivity contribution in [2.24, 2.45) is 5.92 Å². The van der Waals surface area contributed by atoms with E-state index in [0.717, 1.165) is 17.5 Å². The quantitative estimate of drug-likeness (QED) is 0.548. The number of carboxylic acids is 1. The van der Waals surface area contributed by atoms with Crippen molar-refractivity contribution in [1.29, 1.82) is 0 Å². The summed E-state index contributed by atoms with van der Waals surface area (Å²) in [4.78, 5) is 35.5. The molecule has 0 aliphatic heterocycles. The molecule has 2 aromatic rings. The number of amides is 2. The molecule has 4 rings (SSSR count). The number of ether oxygens (including phenoxy) is 1. The van der Waals surface area contributed by atoms with E-state index in [4.69, 9.17) is 4.74 Å². The van der Waals surface area contributed by atoms with Gasteiger partial charge in [-0.3, -0.25) is 9.59 Å². The Labute approximate surface area is 187 Å². The summed E-state index contributed by atoms with van der Waals surface area (Å²) in [7, 11) is 0. The SMILES string of the molecule is O=C(CCCNC(=O)OCC1c2ccccc2-c2ccccc21)NC1CCCC1C(=O)O. The second kappa shape index (κ2) is 9.85. The Morgan fingerprint density at radius 1 is 0.969 bits per heavy atom. The monoisotopic (exact) mass is 436 g/mol. The summed E-state index contributed by atoms with van der Waals surface area (Å²) in [5.41, 5.74) is 4.67. The van der Waals surface area contributed by atoms with E-state index in [1.807, 2.05) is 24.3 Å². The van der Waals surface area contributed by atoms with Crippen LogP contribution < -0.4 is 10.6 Å². The van der Waals surface area contributed by atoms with E-state index >= 15 is 0 Å². The van der Waals surface area contributed by atoms with Gasteiger partial charge in [0.1, 0.15) is 6.61 Å². The molecule has 2 aromatic carbocycles. The van der Waals surface area contributed by atoms with Crippen LogP contribution in [0.15, 0.2) is 48.5 Å². The number of aliphatic carboxylic acids is 1. The molecule has 3 N–H and O–H groups in total. The van der Waals surface area contributed by atoms with Gasteiger partial charge in [0.2, 0.25) is 5.91 Å². The van der Waals surface area contributed by atoms with Gasteiger partial charge < -0.3 is 20.5 Å². The summed E-state index contributed by atoms with van der Waals surface area (Å²) < 4.78 is 5.48. The molecule has 1 fully saturated rings. The third-order valence-corrected chi connectivity index (χ3v) is 6.37. The number of hydrogen-bond acceptors (Lipinski definition) is 4. The largest absolute Gasteiger partial charge is 0.481 e. The van der Waals surface area contributed by atoms with Crippen molar-refractivity contribution in [2.45, 2.75) is 44.1 Å². The second-order valence-corrected chi connectivity index (χ2v) is 8.41. The Hall–Kier alpha value is -3.35. The predicted molar refractivity (Wildman–Crippen MR) is 119 cm³/mol. The van der Waals surface area contributed by atoms with Crippen LogP contribution in [0.5, 0.6) is 0 Å². The average Bonchev–Trinajstić information content (AvgIpc) is 3.38. The molecule has 168 valence electrons. The van der Waals surface area contributed by atoms with Crippen molar-refractivity contribution in [1.82, 2.24) is 10.6 Å². The average molecular weight is 437 g/mol. The zero-order valence-electron chi connectivity index (χ0n) is 17.9. The molecule has 0 saturated heterocycles. The van der Waals surface area contributed by atoms with Crippen molar-refractivity contribution in [2.75, 3.05) is 13.2 Å². The molecule has 0 radical (unpaired) electrons. The lowest BCUT2D eigenvalue weighted by Crippen LogP contribution is -2.40. The van der Waals surface area contributed by atoms with Crippen LogP contribution in [-0.2, 0) is 14.3 Å². The lowest BCUT2D eigenvalue weighted by Gasteiger charge is -2.17. The fraction of sp³-hybridized carbons (Fsp3) is 0.400. The van der Waals surface area contributed by atoms with Gasteiger partial charge in [0.15, 0.2) is 0 Å². The normalized spacial score (nSPS) is 19.1. The minimum absolute atomic E-state index is 0.00696. The highest BCUT2D eigenvalue weighted by Gasteiger charge is 2.33. The van der Waals surface area contributed by atoms with E-state index in [9.17, 15) is 19.5 Å². The highest BCUT2D eigenvalue weighted by molar-refractivity contribution is 5.79. The van der Waals surface area contributed by atoms with Crippen LogP contribution in [-0.4, -0.2) is 42.3 Å². The molecule has 2 aliphatic carbocycles. The first-order chi connectivity index (χ1) is 15.5. The maximum absolute atomic E-state index is 12.2. The van der Waals surface area contributed by atoms with Gasteiger partial charge in [0.25, 0.3) is 0 Å². The van der Waals surface area contributed by atoms with E-state index in [-0.39, 0.29) is 30.9 Å². The Bertz CT molecular complexity index is 960. The highest BCUT2D eigenvalue weighted by Crippen LogP contribution is 2.44. The number of carbonyl (C=O) groups excluding carboxylic acids is 2. The Balaban J connectivity index is 1.19. The summed E-state index contributed by atoms with van der Waals surface area (Å²) in [6, 6.07) is 16.0. The first-order valence-corrected chi connectivity index (χ1v) is 11.2. The molecule has 0 heterocycles. The molecular weight excluding hydrogens is 408 g/mol. The first kappa shape index (κ1) is 21.9. The first-order valence-electron chi connectivity index (χ1n) is 11.2. The number of carbonyl (C=O) groups is 3. The van der Waals surface area contributed by atoms with Gasteiger partial charge in [-0.05, 0) is 41.5 Å². The second-order valence-electron chi connectivity index (χ2n) is 8.41. The fourth-order valence-corrected chi connectivity index (χ4v) is 4.80. The molecule has 7 heteroatoms. The van der Waals surface area contributed by atoms with Crippen LogP contribution >= 0.6 is 0 Å². The third kappa shape index (κ3) is 4.77. The molecule has 2 unspecified atom stereocenters. The van der Waals surface area contributed by atoms with E-state index in [0.29, 0.717) is 25.8 Å².